The lowest BCUT2D eigenvalue weighted by molar-refractivity contribution is -0.0154. The minimum Gasteiger partial charge on any atom is -0.497 e. The third-order valence-electron chi connectivity index (χ3n) is 6.11. The molecule has 0 aromatic heterocycles. The molecule has 3 heteroatoms. The minimum atomic E-state index is -0.902. The number of methoxy groups -OCH3 is 1. The van der Waals surface area contributed by atoms with Gasteiger partial charge in [0.1, 0.15) is 5.75 Å². The molecule has 2 aromatic carbocycles. The van der Waals surface area contributed by atoms with Crippen LogP contribution in [0.5, 0.6) is 5.75 Å². The molecular formula is C25H35NO2. The van der Waals surface area contributed by atoms with Gasteiger partial charge in [0.2, 0.25) is 0 Å². The Kier molecular flexibility index (Phi) is 7.14. The summed E-state index contributed by atoms with van der Waals surface area (Å²) in [5.41, 5.74) is 1.30. The highest BCUT2D eigenvalue weighted by molar-refractivity contribution is 5.35. The molecule has 1 saturated heterocycles. The molecule has 0 saturated carbocycles. The first kappa shape index (κ1) is 20.9. The number of hydrogen-bond acceptors (Lipinski definition) is 3. The Hall–Kier alpha value is -1.84. The number of hydrogen-bond donors (Lipinski definition) is 1. The van der Waals surface area contributed by atoms with Gasteiger partial charge >= 0.3 is 0 Å². The largest absolute Gasteiger partial charge is 0.497 e. The van der Waals surface area contributed by atoms with Crippen molar-refractivity contribution in [3.63, 3.8) is 0 Å². The number of aliphatic hydroxyl groups is 1. The van der Waals surface area contributed by atoms with E-state index in [-0.39, 0.29) is 5.92 Å². The first-order valence-electron chi connectivity index (χ1n) is 10.7. The van der Waals surface area contributed by atoms with E-state index in [2.05, 4.69) is 49.1 Å². The Morgan fingerprint density at radius 2 is 1.64 bits per heavy atom. The summed E-state index contributed by atoms with van der Waals surface area (Å²) in [6.07, 6.45) is 4.26. The fourth-order valence-corrected chi connectivity index (χ4v) is 4.35. The Bertz CT molecular complexity index is 707. The molecule has 0 amide bonds. The highest BCUT2D eigenvalue weighted by Gasteiger charge is 2.40. The third-order valence-corrected chi connectivity index (χ3v) is 6.11. The number of nitrogens with zero attached hydrogens (tertiary/aromatic N) is 1. The molecule has 0 aliphatic carbocycles. The fourth-order valence-electron chi connectivity index (χ4n) is 4.35. The van der Waals surface area contributed by atoms with Gasteiger partial charge in [0, 0.05) is 12.5 Å². The van der Waals surface area contributed by atoms with Crippen molar-refractivity contribution in [2.24, 2.45) is 5.92 Å². The van der Waals surface area contributed by atoms with E-state index in [4.69, 9.17) is 4.74 Å². The first-order valence-corrected chi connectivity index (χ1v) is 10.7. The van der Waals surface area contributed by atoms with Crippen LogP contribution in [0.1, 0.15) is 56.6 Å². The van der Waals surface area contributed by atoms with Gasteiger partial charge in [-0.2, -0.15) is 0 Å². The maximum atomic E-state index is 12.2. The van der Waals surface area contributed by atoms with E-state index < -0.39 is 5.60 Å². The number of ether oxygens (including phenoxy) is 1. The second-order valence-electron chi connectivity index (χ2n) is 8.56. The van der Waals surface area contributed by atoms with E-state index in [1.807, 2.05) is 24.3 Å². The van der Waals surface area contributed by atoms with Crippen LogP contribution in [0.2, 0.25) is 0 Å². The highest BCUT2D eigenvalue weighted by atomic mass is 16.5. The topological polar surface area (TPSA) is 32.7 Å². The van der Waals surface area contributed by atoms with Crippen LogP contribution in [0.15, 0.2) is 54.6 Å². The molecule has 28 heavy (non-hydrogen) atoms. The number of rotatable bonds is 9. The van der Waals surface area contributed by atoms with Gasteiger partial charge in [-0.15, -0.1) is 0 Å². The summed E-state index contributed by atoms with van der Waals surface area (Å²) in [6.45, 7) is 7.61. The minimum absolute atomic E-state index is 0.0407. The van der Waals surface area contributed by atoms with Crippen LogP contribution in [-0.2, 0) is 5.60 Å². The van der Waals surface area contributed by atoms with Crippen LogP contribution in [0, 0.1) is 5.92 Å². The molecule has 1 fully saturated rings. The van der Waals surface area contributed by atoms with Crippen LogP contribution < -0.4 is 4.74 Å². The molecule has 1 aliphatic heterocycles. The van der Waals surface area contributed by atoms with Crippen LogP contribution in [-0.4, -0.2) is 36.8 Å². The van der Waals surface area contributed by atoms with Crippen LogP contribution >= 0.6 is 0 Å². The van der Waals surface area contributed by atoms with Gasteiger partial charge in [-0.25, -0.2) is 0 Å². The summed E-state index contributed by atoms with van der Waals surface area (Å²) in [5.74, 6) is 1.41. The van der Waals surface area contributed by atoms with Crippen molar-refractivity contribution in [3.8, 4) is 5.75 Å². The smallest absolute Gasteiger partial charge is 0.118 e. The Morgan fingerprint density at radius 3 is 2.21 bits per heavy atom. The standard InChI is InChI=1S/C25H35NO2/c1-20(2)15-16-25(27,22-11-13-23(28-3)14-12-22)24(19-26-17-7-8-18-26)21-9-5-4-6-10-21/h4-6,9-14,20,24,27H,7-8,15-19H2,1-3H3/t24-,25+/m0/s1. The summed E-state index contributed by atoms with van der Waals surface area (Å²) in [4.78, 5) is 2.52. The normalized spacial score (nSPS) is 18.2. The van der Waals surface area contributed by atoms with Crippen molar-refractivity contribution in [1.82, 2.24) is 4.90 Å². The molecule has 3 nitrogen and oxygen atoms in total. The lowest BCUT2D eigenvalue weighted by atomic mass is 9.73. The molecule has 1 N–H and O–H groups in total. The Balaban J connectivity index is 2.00. The molecule has 0 bridgehead atoms. The molecule has 0 radical (unpaired) electrons. The second kappa shape index (κ2) is 9.58. The second-order valence-corrected chi connectivity index (χ2v) is 8.56. The third kappa shape index (κ3) is 4.95. The highest BCUT2D eigenvalue weighted by Crippen LogP contribution is 2.42. The maximum Gasteiger partial charge on any atom is 0.118 e. The lowest BCUT2D eigenvalue weighted by Crippen LogP contribution is -2.40. The van der Waals surface area contributed by atoms with Gasteiger partial charge in [0.25, 0.3) is 0 Å². The van der Waals surface area contributed by atoms with E-state index in [9.17, 15) is 5.11 Å². The van der Waals surface area contributed by atoms with E-state index >= 15 is 0 Å². The van der Waals surface area contributed by atoms with Crippen LogP contribution in [0.3, 0.4) is 0 Å². The van der Waals surface area contributed by atoms with Gasteiger partial charge in [-0.1, -0.05) is 56.3 Å². The lowest BCUT2D eigenvalue weighted by Gasteiger charge is -2.40. The molecular weight excluding hydrogens is 346 g/mol. The predicted octanol–water partition coefficient (Wildman–Crippen LogP) is 5.20. The van der Waals surface area contributed by atoms with Crippen molar-refractivity contribution in [1.29, 1.82) is 0 Å². The monoisotopic (exact) mass is 381 g/mol. The molecule has 2 aromatic rings. The zero-order valence-corrected chi connectivity index (χ0v) is 17.6. The fraction of sp³-hybridized carbons (Fsp3) is 0.520. The summed E-state index contributed by atoms with van der Waals surface area (Å²) < 4.78 is 5.34. The molecule has 1 aliphatic rings. The quantitative estimate of drug-likeness (QED) is 0.648. The van der Waals surface area contributed by atoms with Crippen LogP contribution in [0.4, 0.5) is 0 Å². The van der Waals surface area contributed by atoms with E-state index in [0.717, 1.165) is 43.8 Å². The molecule has 0 spiro atoms. The van der Waals surface area contributed by atoms with Gasteiger partial charge in [-0.3, -0.25) is 0 Å². The zero-order chi connectivity index (χ0) is 20.0. The van der Waals surface area contributed by atoms with Gasteiger partial charge < -0.3 is 14.7 Å². The maximum absolute atomic E-state index is 12.2. The summed E-state index contributed by atoms with van der Waals surface area (Å²) in [6, 6.07) is 18.6. The molecule has 1 heterocycles. The van der Waals surface area contributed by atoms with Gasteiger partial charge in [0.05, 0.1) is 12.7 Å². The average molecular weight is 382 g/mol. The summed E-state index contributed by atoms with van der Waals surface area (Å²) >= 11 is 0. The van der Waals surface area contributed by atoms with E-state index in [1.165, 1.54) is 18.4 Å². The number of benzene rings is 2. The van der Waals surface area contributed by atoms with Gasteiger partial charge in [0.15, 0.2) is 0 Å². The first-order chi connectivity index (χ1) is 13.5. The van der Waals surface area contributed by atoms with E-state index in [0.29, 0.717) is 5.92 Å². The van der Waals surface area contributed by atoms with Crippen molar-refractivity contribution in [3.05, 3.63) is 65.7 Å². The van der Waals surface area contributed by atoms with Crippen molar-refractivity contribution in [2.45, 2.75) is 51.0 Å². The SMILES string of the molecule is COc1ccc([C@](O)(CCC(C)C)[C@@H](CN2CCCC2)c2ccccc2)cc1. The molecule has 152 valence electrons. The Labute approximate surface area is 170 Å². The zero-order valence-electron chi connectivity index (χ0n) is 17.6. The Morgan fingerprint density at radius 1 is 1.00 bits per heavy atom. The van der Waals surface area contributed by atoms with Crippen molar-refractivity contribution in [2.75, 3.05) is 26.7 Å². The van der Waals surface area contributed by atoms with Crippen molar-refractivity contribution >= 4 is 0 Å². The number of likely N-dealkylation sites (tertiary alicyclic amines) is 1. The molecule has 2 atom stereocenters. The predicted molar refractivity (Wildman–Crippen MR) is 116 cm³/mol. The average Bonchev–Trinajstić information content (AvgIpc) is 3.24. The van der Waals surface area contributed by atoms with Gasteiger partial charge in [-0.05, 0) is 68.0 Å². The molecule has 0 unspecified atom stereocenters. The summed E-state index contributed by atoms with van der Waals surface area (Å²) in [5, 5.41) is 12.2. The molecule has 3 rings (SSSR count). The summed E-state index contributed by atoms with van der Waals surface area (Å²) in [7, 11) is 1.68. The van der Waals surface area contributed by atoms with Crippen molar-refractivity contribution < 1.29 is 9.84 Å². The van der Waals surface area contributed by atoms with E-state index in [1.54, 1.807) is 7.11 Å². The van der Waals surface area contributed by atoms with Crippen LogP contribution in [0.25, 0.3) is 0 Å².